The van der Waals surface area contributed by atoms with Gasteiger partial charge in [-0.3, -0.25) is 0 Å². The highest BCUT2D eigenvalue weighted by molar-refractivity contribution is 7.89. The van der Waals surface area contributed by atoms with Crippen LogP contribution in [0.2, 0.25) is 0 Å². The summed E-state index contributed by atoms with van der Waals surface area (Å²) in [5.41, 5.74) is 1.85. The fourth-order valence-electron chi connectivity index (χ4n) is 4.42. The molecule has 1 fully saturated rings. The van der Waals surface area contributed by atoms with E-state index in [1.165, 1.54) is 16.7 Å². The summed E-state index contributed by atoms with van der Waals surface area (Å²) >= 11 is 0. The monoisotopic (exact) mass is 516 g/mol. The maximum absolute atomic E-state index is 13.1. The van der Waals surface area contributed by atoms with Crippen LogP contribution in [0.5, 0.6) is 0 Å². The summed E-state index contributed by atoms with van der Waals surface area (Å²) in [6.07, 6.45) is -2.60. The highest BCUT2D eigenvalue weighted by Gasteiger charge is 2.34. The minimum atomic E-state index is -4.62. The number of aromatic nitrogens is 4. The van der Waals surface area contributed by atoms with E-state index in [0.717, 1.165) is 34.8 Å². The number of fused-ring (bicyclic) bond motifs is 1. The third kappa shape index (κ3) is 4.53. The molecule has 12 heteroatoms. The predicted molar refractivity (Wildman–Crippen MR) is 127 cm³/mol. The van der Waals surface area contributed by atoms with E-state index in [1.54, 1.807) is 4.52 Å². The second-order valence-electron chi connectivity index (χ2n) is 8.55. The van der Waals surface area contributed by atoms with Crippen LogP contribution in [0.25, 0.3) is 5.78 Å². The number of hydrogen-bond acceptors (Lipinski definition) is 6. The van der Waals surface area contributed by atoms with Crippen molar-refractivity contribution in [3.05, 3.63) is 83.3 Å². The lowest BCUT2D eigenvalue weighted by atomic mass is 10.0. The van der Waals surface area contributed by atoms with Crippen LogP contribution in [-0.4, -0.2) is 58.5 Å². The van der Waals surface area contributed by atoms with E-state index in [2.05, 4.69) is 15.1 Å². The van der Waals surface area contributed by atoms with Gasteiger partial charge in [0.1, 0.15) is 12.1 Å². The van der Waals surface area contributed by atoms with Crippen LogP contribution in [0.1, 0.15) is 22.4 Å². The van der Waals surface area contributed by atoms with E-state index >= 15 is 0 Å². The molecular weight excluding hydrogens is 493 g/mol. The molecule has 0 bridgehead atoms. The molecule has 0 saturated carbocycles. The van der Waals surface area contributed by atoms with Crippen LogP contribution in [0.15, 0.2) is 65.8 Å². The zero-order chi connectivity index (χ0) is 25.5. The number of halogens is 3. The zero-order valence-corrected chi connectivity index (χ0v) is 20.2. The minimum Gasteiger partial charge on any atom is -0.354 e. The molecule has 1 aliphatic rings. The van der Waals surface area contributed by atoms with Crippen LogP contribution in [-0.2, 0) is 22.6 Å². The Morgan fingerprint density at radius 1 is 0.972 bits per heavy atom. The Hall–Kier alpha value is -3.51. The van der Waals surface area contributed by atoms with E-state index < -0.39 is 21.8 Å². The number of benzene rings is 2. The van der Waals surface area contributed by atoms with Gasteiger partial charge in [-0.05, 0) is 30.7 Å². The molecule has 5 rings (SSSR count). The summed E-state index contributed by atoms with van der Waals surface area (Å²) in [4.78, 5) is 10.5. The van der Waals surface area contributed by atoms with E-state index in [-0.39, 0.29) is 18.0 Å². The number of aryl methyl sites for hydroxylation is 1. The molecule has 0 atom stereocenters. The predicted octanol–water partition coefficient (Wildman–Crippen LogP) is 3.55. The third-order valence-corrected chi connectivity index (χ3v) is 8.16. The molecule has 2 aromatic carbocycles. The summed E-state index contributed by atoms with van der Waals surface area (Å²) in [5.74, 6) is 1.23. The molecule has 36 heavy (non-hydrogen) atoms. The van der Waals surface area contributed by atoms with Crippen molar-refractivity contribution in [3.63, 3.8) is 0 Å². The third-order valence-electron chi connectivity index (χ3n) is 6.27. The Kier molecular flexibility index (Phi) is 6.17. The van der Waals surface area contributed by atoms with Gasteiger partial charge in [-0.2, -0.15) is 32.1 Å². The summed E-state index contributed by atoms with van der Waals surface area (Å²) in [5, 5.41) is 4.35. The van der Waals surface area contributed by atoms with Crippen molar-refractivity contribution >= 4 is 21.6 Å². The van der Waals surface area contributed by atoms with Gasteiger partial charge < -0.3 is 4.90 Å². The molecule has 0 radical (unpaired) electrons. The number of hydrogen-bond donors (Lipinski definition) is 0. The van der Waals surface area contributed by atoms with Crippen molar-refractivity contribution in [3.8, 4) is 0 Å². The molecule has 1 aliphatic heterocycles. The van der Waals surface area contributed by atoms with Gasteiger partial charge in [-0.1, -0.05) is 36.4 Å². The second kappa shape index (κ2) is 9.17. The molecular formula is C24H23F3N6O2S. The van der Waals surface area contributed by atoms with Crippen LogP contribution < -0.4 is 4.90 Å². The molecule has 8 nitrogen and oxygen atoms in total. The average molecular weight is 517 g/mol. The minimum absolute atomic E-state index is 0.112. The average Bonchev–Trinajstić information content (AvgIpc) is 3.32. The van der Waals surface area contributed by atoms with Gasteiger partial charge >= 0.3 is 6.18 Å². The molecule has 0 unspecified atom stereocenters. The topological polar surface area (TPSA) is 83.7 Å². The Labute approximate surface area is 206 Å². The number of anilines is 1. The first-order valence-corrected chi connectivity index (χ1v) is 12.7. The summed E-state index contributed by atoms with van der Waals surface area (Å²) in [7, 11) is -4.09. The fraction of sp³-hybridized carbons (Fsp3) is 0.292. The van der Waals surface area contributed by atoms with Crippen molar-refractivity contribution < 1.29 is 21.6 Å². The Morgan fingerprint density at radius 2 is 1.69 bits per heavy atom. The van der Waals surface area contributed by atoms with Crippen molar-refractivity contribution in [2.75, 3.05) is 31.1 Å². The number of piperazine rings is 1. The molecule has 2 aromatic heterocycles. The van der Waals surface area contributed by atoms with Crippen molar-refractivity contribution in [2.45, 2.75) is 24.4 Å². The lowest BCUT2D eigenvalue weighted by Crippen LogP contribution is -2.49. The van der Waals surface area contributed by atoms with Gasteiger partial charge in [0.05, 0.1) is 10.5 Å². The lowest BCUT2D eigenvalue weighted by Gasteiger charge is -2.36. The SMILES string of the molecule is Cc1nc2ncnn2c(N2CCN(S(=O)(=O)c3cccc(C(F)(F)F)c3)CC2)c1Cc1ccccc1. The van der Waals surface area contributed by atoms with E-state index in [4.69, 9.17) is 0 Å². The Balaban J connectivity index is 1.43. The molecule has 1 saturated heterocycles. The summed E-state index contributed by atoms with van der Waals surface area (Å²) in [6.45, 7) is 2.80. The Bertz CT molecular complexity index is 1500. The first-order valence-electron chi connectivity index (χ1n) is 11.3. The van der Waals surface area contributed by atoms with Crippen molar-refractivity contribution in [1.29, 1.82) is 0 Å². The van der Waals surface area contributed by atoms with E-state index in [0.29, 0.717) is 31.4 Å². The smallest absolute Gasteiger partial charge is 0.354 e. The van der Waals surface area contributed by atoms with Crippen molar-refractivity contribution in [2.24, 2.45) is 0 Å². The molecule has 0 N–H and O–H groups in total. The van der Waals surface area contributed by atoms with Crippen LogP contribution in [0.4, 0.5) is 19.0 Å². The number of rotatable bonds is 5. The highest BCUT2D eigenvalue weighted by atomic mass is 32.2. The highest BCUT2D eigenvalue weighted by Crippen LogP contribution is 2.32. The maximum Gasteiger partial charge on any atom is 0.416 e. The van der Waals surface area contributed by atoms with Gasteiger partial charge in [-0.25, -0.2) is 13.4 Å². The maximum atomic E-state index is 13.1. The number of nitrogens with zero attached hydrogens (tertiary/aromatic N) is 6. The van der Waals surface area contributed by atoms with Gasteiger partial charge in [0.2, 0.25) is 10.0 Å². The lowest BCUT2D eigenvalue weighted by molar-refractivity contribution is -0.137. The van der Waals surface area contributed by atoms with Crippen LogP contribution >= 0.6 is 0 Å². The molecule has 188 valence electrons. The van der Waals surface area contributed by atoms with Crippen molar-refractivity contribution in [1.82, 2.24) is 23.9 Å². The number of sulfonamides is 1. The molecule has 0 spiro atoms. The van der Waals surface area contributed by atoms with Crippen LogP contribution in [0, 0.1) is 6.92 Å². The molecule has 4 aromatic rings. The first-order chi connectivity index (χ1) is 17.1. The van der Waals surface area contributed by atoms with Gasteiger partial charge in [0, 0.05) is 43.9 Å². The van der Waals surface area contributed by atoms with Gasteiger partial charge in [0.15, 0.2) is 0 Å². The van der Waals surface area contributed by atoms with Gasteiger partial charge in [-0.15, -0.1) is 0 Å². The molecule has 0 amide bonds. The quantitative estimate of drug-likeness (QED) is 0.404. The first kappa shape index (κ1) is 24.2. The normalized spacial score (nSPS) is 15.5. The largest absolute Gasteiger partial charge is 0.416 e. The van der Waals surface area contributed by atoms with E-state index in [1.807, 2.05) is 42.2 Å². The molecule has 0 aliphatic carbocycles. The second-order valence-corrected chi connectivity index (χ2v) is 10.5. The number of alkyl halides is 3. The standard InChI is InChI=1S/C24H23F3N6O2S/c1-17-21(14-18-6-3-2-4-7-18)22(33-23(30-17)28-16-29-33)31-10-12-32(13-11-31)36(34,35)20-9-5-8-19(15-20)24(25,26)27/h2-9,15-16H,10-14H2,1H3. The fourth-order valence-corrected chi connectivity index (χ4v) is 5.89. The summed E-state index contributed by atoms with van der Waals surface area (Å²) in [6, 6.07) is 13.8. The molecule has 3 heterocycles. The van der Waals surface area contributed by atoms with E-state index in [9.17, 15) is 21.6 Å². The Morgan fingerprint density at radius 3 is 2.39 bits per heavy atom. The van der Waals surface area contributed by atoms with Gasteiger partial charge in [0.25, 0.3) is 5.78 Å². The summed E-state index contributed by atoms with van der Waals surface area (Å²) < 4.78 is 68.6. The van der Waals surface area contributed by atoms with Crippen LogP contribution in [0.3, 0.4) is 0 Å². The zero-order valence-electron chi connectivity index (χ0n) is 19.4.